The van der Waals surface area contributed by atoms with Crippen molar-refractivity contribution >= 4 is 57.7 Å². The van der Waals surface area contributed by atoms with Gasteiger partial charge in [-0.05, 0) is 43.4 Å². The van der Waals surface area contributed by atoms with Crippen LogP contribution < -0.4 is 31.6 Å². The molecule has 2 aliphatic heterocycles. The summed E-state index contributed by atoms with van der Waals surface area (Å²) in [6.45, 7) is 0.890. The highest BCUT2D eigenvalue weighted by atomic mass is 35.5. The summed E-state index contributed by atoms with van der Waals surface area (Å²) in [4.78, 5) is 48.8. The summed E-state index contributed by atoms with van der Waals surface area (Å²) in [5.74, 6) is 0.816. The van der Waals surface area contributed by atoms with E-state index in [2.05, 4.69) is 21.3 Å². The molecule has 45 heavy (non-hydrogen) atoms. The fraction of sp³-hybridized carbons (Fsp3) is 0.455. The molecule has 1 aromatic heterocycles. The predicted molar refractivity (Wildman–Crippen MR) is 177 cm³/mol. The zero-order valence-electron chi connectivity index (χ0n) is 25.1. The molecule has 10 nitrogen and oxygen atoms in total. The largest absolute Gasteiger partial charge is 0.464 e. The van der Waals surface area contributed by atoms with Crippen molar-refractivity contribution in [3.63, 3.8) is 0 Å². The minimum Gasteiger partial charge on any atom is -0.464 e. The van der Waals surface area contributed by atoms with Crippen LogP contribution in [0, 0.1) is 0 Å². The van der Waals surface area contributed by atoms with Gasteiger partial charge in [0.05, 0.1) is 24.1 Å². The van der Waals surface area contributed by atoms with Gasteiger partial charge in [-0.25, -0.2) is 9.59 Å². The topological polar surface area (TPSA) is 139 Å². The van der Waals surface area contributed by atoms with Gasteiger partial charge in [-0.3, -0.25) is 9.59 Å². The summed E-state index contributed by atoms with van der Waals surface area (Å²) in [6, 6.07) is 15.1. The van der Waals surface area contributed by atoms with Crippen molar-refractivity contribution < 1.29 is 23.5 Å². The second-order valence-corrected chi connectivity index (χ2v) is 13.1. The smallest absolute Gasteiger partial charge is 0.346 e. The maximum atomic E-state index is 12.7. The second-order valence-electron chi connectivity index (χ2n) is 11.4. The first-order valence-corrected chi connectivity index (χ1v) is 17.0. The highest BCUT2D eigenvalue weighted by molar-refractivity contribution is 8.00. The number of carbonyl (C=O) groups is 3. The van der Waals surface area contributed by atoms with E-state index >= 15 is 0 Å². The third-order valence-electron chi connectivity index (χ3n) is 8.07. The number of unbranched alkanes of at least 4 members (excludes halogenated alkanes) is 3. The second kappa shape index (κ2) is 16.0. The van der Waals surface area contributed by atoms with Crippen LogP contribution in [0.25, 0.3) is 10.8 Å². The number of nitrogens with one attached hydrogen (secondary N) is 4. The maximum absolute atomic E-state index is 12.7. The summed E-state index contributed by atoms with van der Waals surface area (Å²) >= 11 is 8.36. The average Bonchev–Trinajstić information content (AvgIpc) is 3.59. The highest BCUT2D eigenvalue weighted by Gasteiger charge is 2.42. The van der Waals surface area contributed by atoms with Crippen LogP contribution >= 0.6 is 23.4 Å². The minimum atomic E-state index is -0.593. The van der Waals surface area contributed by atoms with Crippen LogP contribution in [-0.4, -0.2) is 54.1 Å². The molecular weight excluding hydrogens is 616 g/mol. The van der Waals surface area contributed by atoms with E-state index in [0.29, 0.717) is 55.2 Å². The van der Waals surface area contributed by atoms with Crippen molar-refractivity contribution in [1.82, 2.24) is 16.0 Å². The lowest BCUT2D eigenvalue weighted by Crippen LogP contribution is -2.36. The Hall–Kier alpha value is -3.70. The molecule has 4 N–H and O–H groups in total. The van der Waals surface area contributed by atoms with Crippen LogP contribution in [0.15, 0.2) is 57.7 Å². The van der Waals surface area contributed by atoms with E-state index in [1.165, 1.54) is 0 Å². The van der Waals surface area contributed by atoms with Gasteiger partial charge in [0.1, 0.15) is 5.02 Å². The molecule has 12 heteroatoms. The molecule has 240 valence electrons. The van der Waals surface area contributed by atoms with Crippen molar-refractivity contribution in [2.75, 3.05) is 24.2 Å². The quantitative estimate of drug-likeness (QED) is 0.120. The summed E-state index contributed by atoms with van der Waals surface area (Å²) < 4.78 is 11.0. The Labute approximate surface area is 271 Å². The Morgan fingerprint density at radius 3 is 2.60 bits per heavy atom. The van der Waals surface area contributed by atoms with Crippen molar-refractivity contribution in [2.45, 2.75) is 75.1 Å². The van der Waals surface area contributed by atoms with Crippen LogP contribution in [0.5, 0.6) is 5.95 Å². The molecule has 3 atom stereocenters. The normalized spacial score (nSPS) is 18.7. The van der Waals surface area contributed by atoms with Crippen molar-refractivity contribution in [3.8, 4) is 5.95 Å². The van der Waals surface area contributed by atoms with E-state index in [0.717, 1.165) is 43.4 Å². The van der Waals surface area contributed by atoms with Crippen LogP contribution in [0.3, 0.4) is 0 Å². The molecule has 5 rings (SSSR count). The first-order valence-electron chi connectivity index (χ1n) is 15.6. The minimum absolute atomic E-state index is 0.0196. The van der Waals surface area contributed by atoms with Crippen LogP contribution in [0.4, 0.5) is 10.5 Å². The van der Waals surface area contributed by atoms with E-state index in [4.69, 9.17) is 20.8 Å². The molecule has 0 radical (unpaired) electrons. The number of benzene rings is 2. The molecule has 0 spiro atoms. The molecular formula is C33H39ClN4O6S. The Balaban J connectivity index is 0.950. The molecule has 0 unspecified atom stereocenters. The lowest BCUT2D eigenvalue weighted by molar-refractivity contribution is -0.121. The number of hydrogen-bond acceptors (Lipinski definition) is 7. The van der Waals surface area contributed by atoms with E-state index < -0.39 is 5.63 Å². The third-order valence-corrected chi connectivity index (χ3v) is 9.94. The number of thioether (sulfide) groups is 1. The van der Waals surface area contributed by atoms with E-state index in [9.17, 15) is 19.2 Å². The Bertz CT molecular complexity index is 1550. The molecule has 2 aliphatic rings. The lowest BCUT2D eigenvalue weighted by Gasteiger charge is -2.16. The van der Waals surface area contributed by atoms with Gasteiger partial charge in [-0.15, -0.1) is 0 Å². The van der Waals surface area contributed by atoms with Crippen LogP contribution in [-0.2, 0) is 16.0 Å². The summed E-state index contributed by atoms with van der Waals surface area (Å²) in [5.41, 5.74) is 0.987. The summed E-state index contributed by atoms with van der Waals surface area (Å²) in [5, 5.41) is 13.1. The lowest BCUT2D eigenvalue weighted by atomic mass is 10.0. The zero-order chi connectivity index (χ0) is 31.6. The van der Waals surface area contributed by atoms with E-state index in [1.54, 1.807) is 18.2 Å². The van der Waals surface area contributed by atoms with Gasteiger partial charge in [0.15, 0.2) is 0 Å². The monoisotopic (exact) mass is 654 g/mol. The first-order chi connectivity index (χ1) is 21.9. The van der Waals surface area contributed by atoms with Gasteiger partial charge in [0, 0.05) is 47.9 Å². The Morgan fingerprint density at radius 1 is 0.956 bits per heavy atom. The standard InChI is InChI=1S/C33H39ClN4O6S/c34-29-23-15-14-22(19-24(23)31(41)44-32(29)43-18-16-21-9-3-1-4-10-21)36-28(40)13-5-2-8-17-35-27(39)12-7-6-11-26-30-25(20-45-26)37-33(42)38-30/h1,3-4,9-10,14-15,19,25-26,30H,2,5-8,11-13,16-18,20H2,(H,35,39)(H,36,40)(H2,37,38,42)/t25-,26-,30-/m1/s1. The molecule has 0 saturated carbocycles. The van der Waals surface area contributed by atoms with Crippen LogP contribution in [0.1, 0.15) is 56.9 Å². The van der Waals surface area contributed by atoms with Gasteiger partial charge in [0.2, 0.25) is 11.8 Å². The SMILES string of the molecule is O=C(CCCC[C@H]1SC[C@H]2NC(=O)N[C@H]21)NCCCCCC(=O)Nc1ccc2c(Cl)c(OCCc3ccccc3)oc(=O)c2c1. The average molecular weight is 655 g/mol. The Kier molecular flexibility index (Phi) is 11.6. The maximum Gasteiger partial charge on any atom is 0.346 e. The number of carbonyl (C=O) groups excluding carboxylic acids is 3. The molecule has 3 heterocycles. The number of fused-ring (bicyclic) bond motifs is 2. The zero-order valence-corrected chi connectivity index (χ0v) is 26.6. The van der Waals surface area contributed by atoms with E-state index in [1.807, 2.05) is 42.1 Å². The number of halogens is 1. The molecule has 2 aromatic carbocycles. The molecule has 3 aromatic rings. The summed E-state index contributed by atoms with van der Waals surface area (Å²) in [7, 11) is 0. The number of ether oxygens (including phenoxy) is 1. The molecule has 2 saturated heterocycles. The number of anilines is 1. The summed E-state index contributed by atoms with van der Waals surface area (Å²) in [6.07, 6.45) is 6.52. The van der Waals surface area contributed by atoms with Crippen molar-refractivity contribution in [2.24, 2.45) is 0 Å². The van der Waals surface area contributed by atoms with Crippen LogP contribution in [0.2, 0.25) is 5.02 Å². The third kappa shape index (κ3) is 9.17. The number of hydrogen-bond donors (Lipinski definition) is 4. The fourth-order valence-corrected chi connectivity index (χ4v) is 7.48. The van der Waals surface area contributed by atoms with Gasteiger partial charge >= 0.3 is 17.6 Å². The van der Waals surface area contributed by atoms with Crippen molar-refractivity contribution in [3.05, 3.63) is 69.5 Å². The highest BCUT2D eigenvalue weighted by Crippen LogP contribution is 2.34. The molecule has 0 aliphatic carbocycles. The van der Waals surface area contributed by atoms with Crippen molar-refractivity contribution in [1.29, 1.82) is 0 Å². The predicted octanol–water partition coefficient (Wildman–Crippen LogP) is 5.41. The number of urea groups is 1. The van der Waals surface area contributed by atoms with Gasteiger partial charge in [-0.2, -0.15) is 11.8 Å². The number of rotatable bonds is 16. The van der Waals surface area contributed by atoms with Gasteiger partial charge in [0.25, 0.3) is 0 Å². The molecule has 0 bridgehead atoms. The van der Waals surface area contributed by atoms with Gasteiger partial charge < -0.3 is 30.4 Å². The first kappa shape index (κ1) is 32.7. The molecule has 4 amide bonds. The fourth-order valence-electron chi connectivity index (χ4n) is 5.68. The Morgan fingerprint density at radius 2 is 1.76 bits per heavy atom. The van der Waals surface area contributed by atoms with Gasteiger partial charge in [-0.1, -0.05) is 60.8 Å². The molecule has 2 fully saturated rings. The number of amides is 4. The van der Waals surface area contributed by atoms with E-state index in [-0.39, 0.29) is 46.3 Å².